The standard InChI is InChI=1S/C26H42O4S/c1-2-3-4-5-6-7-8-9-10-11-12-13-14-15-16-17-21-24-26(27)30-31(28,29)25-22-19-18-20-23-25/h18-24H,2-17H2,1H3. The lowest BCUT2D eigenvalue weighted by Crippen LogP contribution is -2.11. The summed E-state index contributed by atoms with van der Waals surface area (Å²) in [5, 5.41) is 0. The van der Waals surface area contributed by atoms with E-state index >= 15 is 0 Å². The van der Waals surface area contributed by atoms with Crippen molar-refractivity contribution in [3.63, 3.8) is 0 Å². The number of benzene rings is 1. The molecule has 0 amide bonds. The van der Waals surface area contributed by atoms with Crippen molar-refractivity contribution in [2.24, 2.45) is 0 Å². The quantitative estimate of drug-likeness (QED) is 0.123. The zero-order chi connectivity index (χ0) is 22.6. The van der Waals surface area contributed by atoms with Crippen LogP contribution in [0.1, 0.15) is 110 Å². The lowest BCUT2D eigenvalue weighted by Gasteiger charge is -2.03. The van der Waals surface area contributed by atoms with Gasteiger partial charge in [0.2, 0.25) is 0 Å². The predicted octanol–water partition coefficient (Wildman–Crippen LogP) is 7.74. The summed E-state index contributed by atoms with van der Waals surface area (Å²) in [5.41, 5.74) is 0. The monoisotopic (exact) mass is 450 g/mol. The van der Waals surface area contributed by atoms with Crippen molar-refractivity contribution in [1.82, 2.24) is 0 Å². The second kappa shape index (κ2) is 18.0. The molecule has 0 heterocycles. The van der Waals surface area contributed by atoms with E-state index in [1.54, 1.807) is 24.3 Å². The van der Waals surface area contributed by atoms with E-state index in [9.17, 15) is 13.2 Å². The van der Waals surface area contributed by atoms with Gasteiger partial charge < -0.3 is 4.18 Å². The van der Waals surface area contributed by atoms with Crippen LogP contribution in [-0.2, 0) is 19.1 Å². The van der Waals surface area contributed by atoms with Crippen LogP contribution in [0.2, 0.25) is 0 Å². The van der Waals surface area contributed by atoms with Crippen molar-refractivity contribution in [3.05, 3.63) is 42.5 Å². The van der Waals surface area contributed by atoms with Crippen molar-refractivity contribution in [3.8, 4) is 0 Å². The van der Waals surface area contributed by atoms with E-state index in [4.69, 9.17) is 0 Å². The van der Waals surface area contributed by atoms with Crippen molar-refractivity contribution >= 4 is 16.1 Å². The van der Waals surface area contributed by atoms with Crippen molar-refractivity contribution < 1.29 is 17.4 Å². The van der Waals surface area contributed by atoms with Gasteiger partial charge in [-0.25, -0.2) is 4.79 Å². The molecule has 0 saturated heterocycles. The van der Waals surface area contributed by atoms with Gasteiger partial charge in [0, 0.05) is 6.08 Å². The van der Waals surface area contributed by atoms with Gasteiger partial charge in [0.1, 0.15) is 4.90 Å². The summed E-state index contributed by atoms with van der Waals surface area (Å²) in [7, 11) is -4.03. The minimum absolute atomic E-state index is 0.0147. The van der Waals surface area contributed by atoms with Crippen molar-refractivity contribution in [2.75, 3.05) is 0 Å². The molecule has 0 aliphatic heterocycles. The van der Waals surface area contributed by atoms with Crippen LogP contribution in [-0.4, -0.2) is 14.4 Å². The maximum Gasteiger partial charge on any atom is 0.346 e. The smallest absolute Gasteiger partial charge is 0.338 e. The summed E-state index contributed by atoms with van der Waals surface area (Å²) in [6, 6.07) is 7.70. The van der Waals surface area contributed by atoms with Crippen LogP contribution >= 0.6 is 0 Å². The predicted molar refractivity (Wildman–Crippen MR) is 128 cm³/mol. The summed E-state index contributed by atoms with van der Waals surface area (Å²) < 4.78 is 28.5. The summed E-state index contributed by atoms with van der Waals surface area (Å²) in [5.74, 6) is -0.843. The number of carbonyl (C=O) groups is 1. The molecule has 176 valence electrons. The Balaban J connectivity index is 1.92. The maximum absolute atomic E-state index is 11.9. The number of unbranched alkanes of at least 4 members (excludes halogenated alkanes) is 15. The van der Waals surface area contributed by atoms with Crippen LogP contribution in [0.15, 0.2) is 47.4 Å². The summed E-state index contributed by atoms with van der Waals surface area (Å²) in [6.45, 7) is 2.26. The van der Waals surface area contributed by atoms with E-state index in [1.165, 1.54) is 102 Å². The zero-order valence-electron chi connectivity index (χ0n) is 19.4. The van der Waals surface area contributed by atoms with Gasteiger partial charge in [-0.2, -0.15) is 8.42 Å². The van der Waals surface area contributed by atoms with Crippen LogP contribution in [0.5, 0.6) is 0 Å². The highest BCUT2D eigenvalue weighted by atomic mass is 32.2. The topological polar surface area (TPSA) is 60.4 Å². The van der Waals surface area contributed by atoms with Gasteiger partial charge in [0.05, 0.1) is 0 Å². The van der Waals surface area contributed by atoms with Gasteiger partial charge in [-0.3, -0.25) is 0 Å². The molecule has 0 aliphatic rings. The van der Waals surface area contributed by atoms with Crippen LogP contribution < -0.4 is 0 Å². The first-order valence-corrected chi connectivity index (χ1v) is 13.7. The molecule has 0 radical (unpaired) electrons. The third-order valence-corrected chi connectivity index (χ3v) is 6.69. The van der Waals surface area contributed by atoms with E-state index in [0.717, 1.165) is 19.3 Å². The Morgan fingerprint density at radius 3 is 1.68 bits per heavy atom. The number of hydrogen-bond acceptors (Lipinski definition) is 4. The van der Waals surface area contributed by atoms with Gasteiger partial charge in [0.15, 0.2) is 0 Å². The molecule has 0 atom stereocenters. The largest absolute Gasteiger partial charge is 0.346 e. The molecule has 5 heteroatoms. The molecule has 0 aromatic heterocycles. The Hall–Kier alpha value is -1.62. The van der Waals surface area contributed by atoms with Crippen LogP contribution in [0.25, 0.3) is 0 Å². The molecule has 0 N–H and O–H groups in total. The van der Waals surface area contributed by atoms with E-state index in [1.807, 2.05) is 0 Å². The molecule has 1 aromatic carbocycles. The van der Waals surface area contributed by atoms with Crippen LogP contribution in [0, 0.1) is 0 Å². The zero-order valence-corrected chi connectivity index (χ0v) is 20.2. The minimum atomic E-state index is -4.03. The molecular formula is C26H42O4S. The van der Waals surface area contributed by atoms with E-state index < -0.39 is 16.1 Å². The minimum Gasteiger partial charge on any atom is -0.338 e. The third kappa shape index (κ3) is 14.9. The first-order valence-electron chi connectivity index (χ1n) is 12.3. The average Bonchev–Trinajstić information content (AvgIpc) is 2.76. The summed E-state index contributed by atoms with van der Waals surface area (Å²) >= 11 is 0. The lowest BCUT2D eigenvalue weighted by molar-refractivity contribution is -0.128. The van der Waals surface area contributed by atoms with E-state index in [2.05, 4.69) is 11.1 Å². The van der Waals surface area contributed by atoms with Crippen LogP contribution in [0.4, 0.5) is 0 Å². The number of allylic oxidation sites excluding steroid dienone is 1. The summed E-state index contributed by atoms with van der Waals surface area (Å²) in [4.78, 5) is 11.7. The molecule has 0 unspecified atom stereocenters. The molecule has 0 bridgehead atoms. The molecule has 0 aliphatic carbocycles. The first-order chi connectivity index (χ1) is 15.1. The maximum atomic E-state index is 11.9. The molecule has 4 nitrogen and oxygen atoms in total. The normalized spacial score (nSPS) is 11.8. The Labute approximate surface area is 190 Å². The second-order valence-corrected chi connectivity index (χ2v) is 9.86. The molecule has 1 rings (SSSR count). The fourth-order valence-electron chi connectivity index (χ4n) is 3.58. The molecule has 31 heavy (non-hydrogen) atoms. The number of rotatable bonds is 19. The lowest BCUT2D eigenvalue weighted by atomic mass is 10.0. The fourth-order valence-corrected chi connectivity index (χ4v) is 4.44. The molecule has 0 fully saturated rings. The highest BCUT2D eigenvalue weighted by molar-refractivity contribution is 7.87. The Morgan fingerprint density at radius 1 is 0.742 bits per heavy atom. The van der Waals surface area contributed by atoms with Gasteiger partial charge in [-0.15, -0.1) is 0 Å². The van der Waals surface area contributed by atoms with Crippen molar-refractivity contribution in [2.45, 2.75) is 115 Å². The van der Waals surface area contributed by atoms with Gasteiger partial charge in [-0.1, -0.05) is 121 Å². The SMILES string of the molecule is CCCCCCCCCCCCCCCCCC=CC(=O)OS(=O)(=O)c1ccccc1. The van der Waals surface area contributed by atoms with Crippen molar-refractivity contribution in [1.29, 1.82) is 0 Å². The summed E-state index contributed by atoms with van der Waals surface area (Å²) in [6.07, 6.45) is 23.5. The molecule has 0 saturated carbocycles. The Kier molecular flexibility index (Phi) is 15.9. The molecule has 1 aromatic rings. The highest BCUT2D eigenvalue weighted by Crippen LogP contribution is 2.14. The van der Waals surface area contributed by atoms with Gasteiger partial charge >= 0.3 is 16.1 Å². The fraction of sp³-hybridized carbons (Fsp3) is 0.654. The van der Waals surface area contributed by atoms with E-state index in [0.29, 0.717) is 0 Å². The molecule has 0 spiro atoms. The number of hydrogen-bond donors (Lipinski definition) is 0. The van der Waals surface area contributed by atoms with Crippen LogP contribution in [0.3, 0.4) is 0 Å². The third-order valence-electron chi connectivity index (χ3n) is 5.45. The average molecular weight is 451 g/mol. The Bertz CT molecular complexity index is 695. The molecular weight excluding hydrogens is 408 g/mol. The first kappa shape index (κ1) is 27.4. The highest BCUT2D eigenvalue weighted by Gasteiger charge is 2.17. The number of carbonyl (C=O) groups excluding carboxylic acids is 1. The second-order valence-electron chi connectivity index (χ2n) is 8.31. The van der Waals surface area contributed by atoms with E-state index in [-0.39, 0.29) is 4.90 Å². The Morgan fingerprint density at radius 2 is 1.19 bits per heavy atom. The van der Waals surface area contributed by atoms with Gasteiger partial charge in [-0.05, 0) is 25.0 Å². The van der Waals surface area contributed by atoms with Gasteiger partial charge in [0.25, 0.3) is 0 Å².